The topological polar surface area (TPSA) is 192 Å². The number of carboxylic acid groups (broad SMARTS) is 1. The summed E-state index contributed by atoms with van der Waals surface area (Å²) in [4.78, 5) is 52.5. The molecule has 1 aromatic carbocycles. The number of carbonyl (C=O) groups excluding carboxylic acids is 3. The molecule has 2 rings (SSSR count). The first kappa shape index (κ1) is 28.8. The molecule has 3 amide bonds. The Kier molecular flexibility index (Phi) is 11.4. The van der Waals surface area contributed by atoms with Crippen LogP contribution in [0.1, 0.15) is 45.1 Å². The summed E-state index contributed by atoms with van der Waals surface area (Å²) in [5.74, 6) is -2.61. The number of H-pyrrole nitrogens is 1. The van der Waals surface area contributed by atoms with Crippen molar-refractivity contribution in [1.29, 1.82) is 0 Å². The van der Waals surface area contributed by atoms with Crippen molar-refractivity contribution in [2.24, 2.45) is 17.4 Å². The van der Waals surface area contributed by atoms with Crippen LogP contribution in [-0.4, -0.2) is 65.0 Å². The second kappa shape index (κ2) is 14.2. The van der Waals surface area contributed by atoms with Gasteiger partial charge in [-0.05, 0) is 49.8 Å². The minimum absolute atomic E-state index is 0.0740. The van der Waals surface area contributed by atoms with Crippen molar-refractivity contribution in [3.63, 3.8) is 0 Å². The zero-order chi connectivity index (χ0) is 26.7. The van der Waals surface area contributed by atoms with E-state index in [0.29, 0.717) is 32.2 Å². The van der Waals surface area contributed by atoms with Gasteiger partial charge in [0.05, 0.1) is 12.6 Å². The van der Waals surface area contributed by atoms with Gasteiger partial charge in [-0.15, -0.1) is 0 Å². The molecule has 0 saturated heterocycles. The fourth-order valence-electron chi connectivity index (χ4n) is 3.91. The fourth-order valence-corrected chi connectivity index (χ4v) is 3.91. The molecular formula is C25H38N6O5. The van der Waals surface area contributed by atoms with E-state index in [0.717, 1.165) is 16.5 Å². The lowest BCUT2D eigenvalue weighted by molar-refractivity contribution is -0.141. The van der Waals surface area contributed by atoms with E-state index in [4.69, 9.17) is 11.5 Å². The molecule has 0 aliphatic heterocycles. The minimum Gasteiger partial charge on any atom is -0.480 e. The molecule has 9 N–H and O–H groups in total. The van der Waals surface area contributed by atoms with Crippen molar-refractivity contribution >= 4 is 34.6 Å². The van der Waals surface area contributed by atoms with Gasteiger partial charge < -0.3 is 37.5 Å². The fraction of sp³-hybridized carbons (Fsp3) is 0.520. The Morgan fingerprint density at radius 3 is 2.42 bits per heavy atom. The van der Waals surface area contributed by atoms with Crippen molar-refractivity contribution in [2.45, 2.75) is 64.1 Å². The van der Waals surface area contributed by atoms with E-state index in [-0.39, 0.29) is 12.3 Å². The SMILES string of the molecule is CC(C)CC(N)C(=O)NC(CCCCN)C(=O)NCC(=O)NC(Cc1c[nH]c2ccccc12)C(=O)O. The largest absolute Gasteiger partial charge is 0.480 e. The molecular weight excluding hydrogens is 464 g/mol. The first-order valence-corrected chi connectivity index (χ1v) is 12.2. The average molecular weight is 503 g/mol. The van der Waals surface area contributed by atoms with E-state index in [1.54, 1.807) is 6.20 Å². The Labute approximate surface area is 210 Å². The smallest absolute Gasteiger partial charge is 0.326 e. The monoisotopic (exact) mass is 502 g/mol. The van der Waals surface area contributed by atoms with Gasteiger partial charge in [-0.25, -0.2) is 4.79 Å². The normalized spacial score (nSPS) is 13.7. The van der Waals surface area contributed by atoms with Gasteiger partial charge in [-0.3, -0.25) is 14.4 Å². The number of rotatable bonds is 15. The maximum Gasteiger partial charge on any atom is 0.326 e. The Hall–Kier alpha value is -3.44. The summed E-state index contributed by atoms with van der Waals surface area (Å²) in [6, 6.07) is 4.65. The van der Waals surface area contributed by atoms with Gasteiger partial charge >= 0.3 is 5.97 Å². The Morgan fingerprint density at radius 1 is 1.03 bits per heavy atom. The van der Waals surface area contributed by atoms with E-state index in [9.17, 15) is 24.3 Å². The van der Waals surface area contributed by atoms with Gasteiger partial charge in [-0.2, -0.15) is 0 Å². The number of nitrogens with two attached hydrogens (primary N) is 2. The highest BCUT2D eigenvalue weighted by Crippen LogP contribution is 2.19. The number of nitrogens with one attached hydrogen (secondary N) is 4. The van der Waals surface area contributed by atoms with Crippen LogP contribution in [0.15, 0.2) is 30.5 Å². The lowest BCUT2D eigenvalue weighted by atomic mass is 10.0. The van der Waals surface area contributed by atoms with Crippen LogP contribution < -0.4 is 27.4 Å². The molecule has 0 bridgehead atoms. The van der Waals surface area contributed by atoms with Crippen molar-refractivity contribution in [2.75, 3.05) is 13.1 Å². The van der Waals surface area contributed by atoms with Crippen molar-refractivity contribution < 1.29 is 24.3 Å². The Bertz CT molecular complexity index is 1040. The Balaban J connectivity index is 1.95. The third kappa shape index (κ3) is 8.97. The summed E-state index contributed by atoms with van der Waals surface area (Å²) < 4.78 is 0. The quantitative estimate of drug-likeness (QED) is 0.171. The lowest BCUT2D eigenvalue weighted by Crippen LogP contribution is -2.53. The number of fused-ring (bicyclic) bond motifs is 1. The third-order valence-electron chi connectivity index (χ3n) is 5.80. The highest BCUT2D eigenvalue weighted by molar-refractivity contribution is 5.93. The molecule has 36 heavy (non-hydrogen) atoms. The van der Waals surface area contributed by atoms with Crippen LogP contribution in [0.2, 0.25) is 0 Å². The molecule has 0 saturated carbocycles. The first-order chi connectivity index (χ1) is 17.1. The van der Waals surface area contributed by atoms with Crippen molar-refractivity contribution in [3.8, 4) is 0 Å². The van der Waals surface area contributed by atoms with E-state index >= 15 is 0 Å². The van der Waals surface area contributed by atoms with Gasteiger partial charge in [0.1, 0.15) is 12.1 Å². The van der Waals surface area contributed by atoms with Gasteiger partial charge in [-0.1, -0.05) is 32.0 Å². The molecule has 0 aliphatic carbocycles. The van der Waals surface area contributed by atoms with Gasteiger partial charge in [0.15, 0.2) is 0 Å². The van der Waals surface area contributed by atoms with Gasteiger partial charge in [0, 0.05) is 23.5 Å². The number of hydrogen-bond acceptors (Lipinski definition) is 6. The summed E-state index contributed by atoms with van der Waals surface area (Å²) in [7, 11) is 0. The molecule has 3 unspecified atom stereocenters. The molecule has 0 spiro atoms. The lowest BCUT2D eigenvalue weighted by Gasteiger charge is -2.21. The van der Waals surface area contributed by atoms with Crippen molar-refractivity contribution in [1.82, 2.24) is 20.9 Å². The number of para-hydroxylation sites is 1. The van der Waals surface area contributed by atoms with Crippen LogP contribution in [0.3, 0.4) is 0 Å². The molecule has 1 aromatic heterocycles. The number of carboxylic acids is 1. The predicted octanol–water partition coefficient (Wildman–Crippen LogP) is 0.383. The number of aromatic nitrogens is 1. The number of aliphatic carboxylic acids is 1. The molecule has 0 aliphatic rings. The highest BCUT2D eigenvalue weighted by Gasteiger charge is 2.26. The van der Waals surface area contributed by atoms with Crippen molar-refractivity contribution in [3.05, 3.63) is 36.0 Å². The number of unbranched alkanes of at least 4 members (excludes halogenated alkanes) is 1. The molecule has 2 aromatic rings. The first-order valence-electron chi connectivity index (χ1n) is 12.2. The highest BCUT2D eigenvalue weighted by atomic mass is 16.4. The summed E-state index contributed by atoms with van der Waals surface area (Å²) in [5.41, 5.74) is 13.1. The summed E-state index contributed by atoms with van der Waals surface area (Å²) in [6.45, 7) is 3.91. The maximum absolute atomic E-state index is 12.7. The number of carbonyl (C=O) groups is 4. The molecule has 198 valence electrons. The van der Waals surface area contributed by atoms with Crippen LogP contribution in [0.25, 0.3) is 10.9 Å². The average Bonchev–Trinajstić information content (AvgIpc) is 3.23. The van der Waals surface area contributed by atoms with Crippen LogP contribution in [0.4, 0.5) is 0 Å². The number of amides is 3. The number of hydrogen-bond donors (Lipinski definition) is 7. The molecule has 0 radical (unpaired) electrons. The third-order valence-corrected chi connectivity index (χ3v) is 5.80. The van der Waals surface area contributed by atoms with Crippen LogP contribution in [-0.2, 0) is 25.6 Å². The predicted molar refractivity (Wildman–Crippen MR) is 137 cm³/mol. The molecule has 3 atom stereocenters. The molecule has 0 fully saturated rings. The van der Waals surface area contributed by atoms with Crippen LogP contribution >= 0.6 is 0 Å². The summed E-state index contributed by atoms with van der Waals surface area (Å²) in [6.07, 6.45) is 3.87. The second-order valence-electron chi connectivity index (χ2n) is 9.32. The standard InChI is InChI=1S/C25H38N6O5/c1-15(2)11-18(27)23(33)31-20(9-5-6-10-26)24(34)29-14-22(32)30-21(25(35)36)12-16-13-28-19-8-4-3-7-17(16)19/h3-4,7-8,13,15,18,20-21,28H,5-6,9-12,14,26-27H2,1-2H3,(H,29,34)(H,30,32)(H,31,33)(H,35,36). The molecule has 11 nitrogen and oxygen atoms in total. The zero-order valence-corrected chi connectivity index (χ0v) is 20.9. The molecule has 11 heteroatoms. The van der Waals surface area contributed by atoms with Crippen LogP contribution in [0.5, 0.6) is 0 Å². The Morgan fingerprint density at radius 2 is 1.75 bits per heavy atom. The van der Waals surface area contributed by atoms with Crippen LogP contribution in [0, 0.1) is 5.92 Å². The van der Waals surface area contributed by atoms with E-state index in [1.807, 2.05) is 38.1 Å². The van der Waals surface area contributed by atoms with Gasteiger partial charge in [0.25, 0.3) is 0 Å². The number of aromatic amines is 1. The second-order valence-corrected chi connectivity index (χ2v) is 9.32. The van der Waals surface area contributed by atoms with E-state index in [2.05, 4.69) is 20.9 Å². The maximum atomic E-state index is 12.7. The summed E-state index contributed by atoms with van der Waals surface area (Å²) in [5, 5.41) is 18.1. The van der Waals surface area contributed by atoms with E-state index in [1.165, 1.54) is 0 Å². The van der Waals surface area contributed by atoms with Gasteiger partial charge in [0.2, 0.25) is 17.7 Å². The minimum atomic E-state index is -1.19. The number of benzene rings is 1. The van der Waals surface area contributed by atoms with E-state index < -0.39 is 48.4 Å². The zero-order valence-electron chi connectivity index (χ0n) is 20.9. The summed E-state index contributed by atoms with van der Waals surface area (Å²) >= 11 is 0. The molecule has 1 heterocycles.